The molecule has 1 aromatic heterocycles. The molecule has 2 nitrogen and oxygen atoms in total. The molecule has 1 heterocycles. The van der Waals surface area contributed by atoms with Crippen molar-refractivity contribution in [2.24, 2.45) is 0 Å². The second-order valence-corrected chi connectivity index (χ2v) is 2.34. The van der Waals surface area contributed by atoms with Crippen molar-refractivity contribution >= 4 is 11.6 Å². The molecule has 0 radical (unpaired) electrons. The first-order chi connectivity index (χ1) is 5.84. The molecule has 0 amide bonds. The smallest absolute Gasteiger partial charge is 0.144 e. The maximum atomic E-state index is 8.21. The molecule has 0 aliphatic heterocycles. The Balaban J connectivity index is 2.86. The van der Waals surface area contributed by atoms with Gasteiger partial charge in [-0.15, -0.1) is 0 Å². The van der Waals surface area contributed by atoms with Crippen molar-refractivity contribution in [2.45, 2.75) is 6.42 Å². The molecule has 1 aromatic rings. The molecule has 0 bridgehead atoms. The Labute approximate surface area is 75.8 Å². The summed E-state index contributed by atoms with van der Waals surface area (Å²) in [5.41, 5.74) is 0.661. The SMILES string of the molecule is N#CCC#Cc1cccnc1Cl. The third kappa shape index (κ3) is 2.27. The van der Waals surface area contributed by atoms with Gasteiger partial charge in [-0.1, -0.05) is 23.4 Å². The number of nitriles is 1. The maximum absolute atomic E-state index is 8.21. The van der Waals surface area contributed by atoms with E-state index in [1.54, 1.807) is 18.3 Å². The van der Waals surface area contributed by atoms with Gasteiger partial charge in [0.25, 0.3) is 0 Å². The Morgan fingerprint density at radius 2 is 2.42 bits per heavy atom. The summed E-state index contributed by atoms with van der Waals surface area (Å²) in [6.45, 7) is 0. The summed E-state index contributed by atoms with van der Waals surface area (Å²) in [5.74, 6) is 5.40. The van der Waals surface area contributed by atoms with Crippen LogP contribution in [-0.2, 0) is 0 Å². The molecular weight excluding hydrogens is 172 g/mol. The van der Waals surface area contributed by atoms with Gasteiger partial charge >= 0.3 is 0 Å². The number of hydrogen-bond donors (Lipinski definition) is 0. The number of aromatic nitrogens is 1. The van der Waals surface area contributed by atoms with Gasteiger partial charge in [0.1, 0.15) is 5.15 Å². The van der Waals surface area contributed by atoms with Crippen molar-refractivity contribution in [1.29, 1.82) is 5.26 Å². The zero-order valence-corrected chi connectivity index (χ0v) is 6.97. The van der Waals surface area contributed by atoms with Crippen LogP contribution in [0.4, 0.5) is 0 Å². The van der Waals surface area contributed by atoms with E-state index in [4.69, 9.17) is 16.9 Å². The number of pyridine rings is 1. The second-order valence-electron chi connectivity index (χ2n) is 1.98. The number of nitrogens with zero attached hydrogens (tertiary/aromatic N) is 2. The van der Waals surface area contributed by atoms with E-state index < -0.39 is 0 Å². The summed E-state index contributed by atoms with van der Waals surface area (Å²) in [6, 6.07) is 5.44. The third-order valence-corrected chi connectivity index (χ3v) is 1.45. The van der Waals surface area contributed by atoms with Gasteiger partial charge in [-0.3, -0.25) is 0 Å². The van der Waals surface area contributed by atoms with Gasteiger partial charge < -0.3 is 0 Å². The van der Waals surface area contributed by atoms with E-state index in [-0.39, 0.29) is 6.42 Å². The summed E-state index contributed by atoms with van der Waals surface area (Å²) in [5, 5.41) is 8.59. The molecule has 0 atom stereocenters. The van der Waals surface area contributed by atoms with Gasteiger partial charge in [0.15, 0.2) is 0 Å². The summed E-state index contributed by atoms with van der Waals surface area (Å²) in [6.07, 6.45) is 1.81. The van der Waals surface area contributed by atoms with Crippen LogP contribution in [0.3, 0.4) is 0 Å². The van der Waals surface area contributed by atoms with Crippen LogP contribution >= 0.6 is 11.6 Å². The Hall–Kier alpha value is -1.51. The molecule has 0 unspecified atom stereocenters. The van der Waals surface area contributed by atoms with Gasteiger partial charge in [-0.25, -0.2) is 4.98 Å². The van der Waals surface area contributed by atoms with Crippen LogP contribution in [0.1, 0.15) is 12.0 Å². The fourth-order valence-corrected chi connectivity index (χ4v) is 0.825. The fraction of sp³-hybridized carbons (Fsp3) is 0.111. The minimum atomic E-state index is 0.214. The summed E-state index contributed by atoms with van der Waals surface area (Å²) >= 11 is 5.71. The third-order valence-electron chi connectivity index (χ3n) is 1.15. The van der Waals surface area contributed by atoms with E-state index >= 15 is 0 Å². The zero-order chi connectivity index (χ0) is 8.81. The molecule has 0 aromatic carbocycles. The van der Waals surface area contributed by atoms with E-state index in [1.807, 2.05) is 6.07 Å². The Morgan fingerprint density at radius 1 is 1.58 bits per heavy atom. The van der Waals surface area contributed by atoms with E-state index in [2.05, 4.69) is 16.8 Å². The first-order valence-electron chi connectivity index (χ1n) is 3.31. The highest BCUT2D eigenvalue weighted by Crippen LogP contribution is 2.08. The molecular formula is C9H5ClN2. The number of hydrogen-bond acceptors (Lipinski definition) is 2. The van der Waals surface area contributed by atoms with E-state index in [0.717, 1.165) is 0 Å². The highest BCUT2D eigenvalue weighted by atomic mass is 35.5. The average Bonchev–Trinajstić information content (AvgIpc) is 2.09. The Bertz CT molecular complexity index is 368. The molecule has 58 valence electrons. The van der Waals surface area contributed by atoms with Crippen molar-refractivity contribution in [1.82, 2.24) is 4.98 Å². The molecule has 0 saturated heterocycles. The fourth-order valence-electron chi connectivity index (χ4n) is 0.658. The molecule has 1 rings (SSSR count). The van der Waals surface area contributed by atoms with Crippen LogP contribution < -0.4 is 0 Å². The Kier molecular flexibility index (Phi) is 3.14. The number of rotatable bonds is 0. The van der Waals surface area contributed by atoms with Crippen LogP contribution in [0.2, 0.25) is 5.15 Å². The standard InChI is InChI=1S/C9H5ClN2/c10-9-8(4-1-2-6-11)5-3-7-12-9/h3,5,7H,2H2. The monoisotopic (exact) mass is 176 g/mol. The van der Waals surface area contributed by atoms with Gasteiger partial charge in [-0.2, -0.15) is 5.26 Å². The van der Waals surface area contributed by atoms with E-state index in [9.17, 15) is 0 Å². The lowest BCUT2D eigenvalue weighted by Gasteiger charge is -1.90. The lowest BCUT2D eigenvalue weighted by Crippen LogP contribution is -1.79. The molecule has 0 spiro atoms. The Morgan fingerprint density at radius 3 is 3.08 bits per heavy atom. The van der Waals surface area contributed by atoms with Crippen molar-refractivity contribution in [3.63, 3.8) is 0 Å². The normalized spacial score (nSPS) is 8.00. The summed E-state index contributed by atoms with van der Waals surface area (Å²) in [4.78, 5) is 3.84. The van der Waals surface area contributed by atoms with Crippen LogP contribution in [-0.4, -0.2) is 4.98 Å². The summed E-state index contributed by atoms with van der Waals surface area (Å²) in [7, 11) is 0. The average molecular weight is 177 g/mol. The minimum Gasteiger partial charge on any atom is -0.243 e. The van der Waals surface area contributed by atoms with Gasteiger partial charge in [0.2, 0.25) is 0 Å². The van der Waals surface area contributed by atoms with Crippen LogP contribution in [0, 0.1) is 23.2 Å². The number of halogens is 1. The van der Waals surface area contributed by atoms with Crippen LogP contribution in [0.5, 0.6) is 0 Å². The predicted molar refractivity (Wildman–Crippen MR) is 46.4 cm³/mol. The molecule has 0 fully saturated rings. The largest absolute Gasteiger partial charge is 0.243 e. The van der Waals surface area contributed by atoms with Crippen LogP contribution in [0.15, 0.2) is 18.3 Å². The quantitative estimate of drug-likeness (QED) is 0.448. The van der Waals surface area contributed by atoms with Gasteiger partial charge in [0, 0.05) is 6.20 Å². The molecule has 0 aliphatic carbocycles. The van der Waals surface area contributed by atoms with Crippen LogP contribution in [0.25, 0.3) is 0 Å². The maximum Gasteiger partial charge on any atom is 0.144 e. The molecule has 3 heteroatoms. The lowest BCUT2D eigenvalue weighted by molar-refractivity contribution is 1.31. The van der Waals surface area contributed by atoms with Gasteiger partial charge in [0.05, 0.1) is 18.1 Å². The molecule has 12 heavy (non-hydrogen) atoms. The van der Waals surface area contributed by atoms with Crippen molar-refractivity contribution in [2.75, 3.05) is 0 Å². The van der Waals surface area contributed by atoms with E-state index in [0.29, 0.717) is 10.7 Å². The van der Waals surface area contributed by atoms with Crippen molar-refractivity contribution in [3.05, 3.63) is 29.0 Å². The molecule has 0 saturated carbocycles. The van der Waals surface area contributed by atoms with E-state index in [1.165, 1.54) is 0 Å². The van der Waals surface area contributed by atoms with Crippen molar-refractivity contribution in [3.8, 4) is 17.9 Å². The first-order valence-corrected chi connectivity index (χ1v) is 3.68. The lowest BCUT2D eigenvalue weighted by atomic mass is 10.3. The highest BCUT2D eigenvalue weighted by Gasteiger charge is 1.93. The topological polar surface area (TPSA) is 36.7 Å². The predicted octanol–water partition coefficient (Wildman–Crippen LogP) is 2.00. The van der Waals surface area contributed by atoms with Crippen molar-refractivity contribution < 1.29 is 0 Å². The highest BCUT2D eigenvalue weighted by molar-refractivity contribution is 6.30. The first kappa shape index (κ1) is 8.59. The zero-order valence-electron chi connectivity index (χ0n) is 6.21. The minimum absolute atomic E-state index is 0.214. The summed E-state index contributed by atoms with van der Waals surface area (Å²) < 4.78 is 0. The second kappa shape index (κ2) is 4.38. The molecule has 0 aliphatic rings. The molecule has 0 N–H and O–H groups in total. The van der Waals surface area contributed by atoms with Gasteiger partial charge in [-0.05, 0) is 12.1 Å².